The Morgan fingerprint density at radius 3 is 2.04 bits per heavy atom. The Morgan fingerprint density at radius 2 is 1.50 bits per heavy atom. The quantitative estimate of drug-likeness (QED) is 0.674. The highest BCUT2D eigenvalue weighted by atomic mass is 16.1. The molecule has 0 spiro atoms. The molecule has 1 aromatic heterocycles. The lowest BCUT2D eigenvalue weighted by Gasteiger charge is -2.19. The van der Waals surface area contributed by atoms with Gasteiger partial charge in [-0.1, -0.05) is 60.7 Å². The number of benzene rings is 2. The third kappa shape index (κ3) is 4.39. The minimum Gasteiger partial charge on any atom is -0.370 e. The Kier molecular flexibility index (Phi) is 5.66. The van der Waals surface area contributed by atoms with Gasteiger partial charge in [-0.15, -0.1) is 0 Å². The van der Waals surface area contributed by atoms with Gasteiger partial charge in [0.1, 0.15) is 5.82 Å². The molecule has 0 bridgehead atoms. The van der Waals surface area contributed by atoms with Crippen LogP contribution in [0.1, 0.15) is 36.3 Å². The van der Waals surface area contributed by atoms with Gasteiger partial charge < -0.3 is 10.2 Å². The van der Waals surface area contributed by atoms with Gasteiger partial charge in [-0.2, -0.15) is 0 Å². The van der Waals surface area contributed by atoms with Gasteiger partial charge in [-0.3, -0.25) is 4.79 Å². The highest BCUT2D eigenvalue weighted by Gasteiger charge is 2.19. The first-order valence-electron chi connectivity index (χ1n) is 9.90. The summed E-state index contributed by atoms with van der Waals surface area (Å²) in [6.45, 7) is 2.17. The van der Waals surface area contributed by atoms with Gasteiger partial charge in [0.15, 0.2) is 0 Å². The Morgan fingerprint density at radius 1 is 0.893 bits per heavy atom. The number of aromatic nitrogens is 1. The molecule has 1 saturated heterocycles. The molecule has 1 aliphatic heterocycles. The zero-order valence-electron chi connectivity index (χ0n) is 15.9. The van der Waals surface area contributed by atoms with Crippen LogP contribution < -0.4 is 10.2 Å². The monoisotopic (exact) mass is 371 g/mol. The Labute approximate surface area is 166 Å². The highest BCUT2D eigenvalue weighted by Crippen LogP contribution is 2.28. The molecule has 4 rings (SSSR count). The normalized spacial score (nSPS) is 13.7. The molecule has 1 fully saturated rings. The van der Waals surface area contributed by atoms with Crippen LogP contribution in [-0.2, 0) is 4.79 Å². The van der Waals surface area contributed by atoms with Crippen LogP contribution in [0.3, 0.4) is 0 Å². The van der Waals surface area contributed by atoms with Crippen molar-refractivity contribution in [3.8, 4) is 0 Å². The van der Waals surface area contributed by atoms with Gasteiger partial charge in [-0.25, -0.2) is 4.98 Å². The van der Waals surface area contributed by atoms with Crippen molar-refractivity contribution in [1.29, 1.82) is 0 Å². The van der Waals surface area contributed by atoms with Crippen molar-refractivity contribution >= 4 is 17.4 Å². The zero-order chi connectivity index (χ0) is 19.2. The third-order valence-corrected chi connectivity index (χ3v) is 5.28. The molecule has 4 heteroatoms. The van der Waals surface area contributed by atoms with E-state index in [9.17, 15) is 4.79 Å². The van der Waals surface area contributed by atoms with E-state index in [1.54, 1.807) is 0 Å². The topological polar surface area (TPSA) is 45.2 Å². The number of rotatable bonds is 6. The summed E-state index contributed by atoms with van der Waals surface area (Å²) in [5, 5.41) is 2.96. The fourth-order valence-electron chi connectivity index (χ4n) is 3.80. The Hall–Kier alpha value is -3.14. The highest BCUT2D eigenvalue weighted by molar-refractivity contribution is 5.90. The molecule has 4 nitrogen and oxygen atoms in total. The van der Waals surface area contributed by atoms with Crippen molar-refractivity contribution in [2.75, 3.05) is 23.3 Å². The van der Waals surface area contributed by atoms with Gasteiger partial charge in [0.05, 0.1) is 11.9 Å². The summed E-state index contributed by atoms with van der Waals surface area (Å²) in [7, 11) is 0. The van der Waals surface area contributed by atoms with Gasteiger partial charge in [-0.05, 0) is 36.1 Å². The van der Waals surface area contributed by atoms with Crippen LogP contribution in [-0.4, -0.2) is 24.0 Å². The molecule has 0 aliphatic carbocycles. The predicted octanol–water partition coefficient (Wildman–Crippen LogP) is 4.84. The van der Waals surface area contributed by atoms with E-state index in [0.29, 0.717) is 12.2 Å². The summed E-state index contributed by atoms with van der Waals surface area (Å²) in [5.74, 6) is 0.596. The molecule has 142 valence electrons. The van der Waals surface area contributed by atoms with E-state index >= 15 is 0 Å². The second-order valence-corrected chi connectivity index (χ2v) is 7.22. The molecule has 1 aliphatic rings. The van der Waals surface area contributed by atoms with E-state index in [-0.39, 0.29) is 11.8 Å². The van der Waals surface area contributed by atoms with Crippen LogP contribution in [0.4, 0.5) is 11.5 Å². The lowest BCUT2D eigenvalue weighted by molar-refractivity contribution is -0.116. The van der Waals surface area contributed by atoms with Crippen molar-refractivity contribution in [3.63, 3.8) is 0 Å². The molecular formula is C24H25N3O. The SMILES string of the molecule is O=C(CC(c1ccccc1)c1ccccc1)Nc1ccc(N2CCCC2)cn1. The smallest absolute Gasteiger partial charge is 0.226 e. The molecule has 0 unspecified atom stereocenters. The minimum absolute atomic E-state index is 0.0197. The molecule has 0 saturated carbocycles. The molecule has 0 atom stereocenters. The summed E-state index contributed by atoms with van der Waals surface area (Å²) in [6.07, 6.45) is 4.70. The fraction of sp³-hybridized carbons (Fsp3) is 0.250. The number of nitrogens with zero attached hydrogens (tertiary/aromatic N) is 2. The average Bonchev–Trinajstić information content (AvgIpc) is 3.29. The summed E-state index contributed by atoms with van der Waals surface area (Å²) in [6, 6.07) is 24.3. The first kappa shape index (κ1) is 18.2. The number of amides is 1. The Balaban J connectivity index is 1.46. The van der Waals surface area contributed by atoms with Crippen LogP contribution in [0.15, 0.2) is 79.0 Å². The molecule has 2 aromatic carbocycles. The molecular weight excluding hydrogens is 346 g/mol. The largest absolute Gasteiger partial charge is 0.370 e. The van der Waals surface area contributed by atoms with E-state index in [0.717, 1.165) is 29.9 Å². The van der Waals surface area contributed by atoms with Crippen LogP contribution >= 0.6 is 0 Å². The van der Waals surface area contributed by atoms with Crippen LogP contribution in [0.2, 0.25) is 0 Å². The number of carbonyl (C=O) groups is 1. The lowest BCUT2D eigenvalue weighted by Crippen LogP contribution is -2.19. The molecule has 0 radical (unpaired) electrons. The van der Waals surface area contributed by atoms with E-state index < -0.39 is 0 Å². The van der Waals surface area contributed by atoms with E-state index in [1.165, 1.54) is 12.8 Å². The number of pyridine rings is 1. The molecule has 2 heterocycles. The summed E-state index contributed by atoms with van der Waals surface area (Å²) in [5.41, 5.74) is 3.41. The predicted molar refractivity (Wildman–Crippen MR) is 114 cm³/mol. The zero-order valence-corrected chi connectivity index (χ0v) is 15.9. The van der Waals surface area contributed by atoms with Crippen LogP contribution in [0.25, 0.3) is 0 Å². The van der Waals surface area contributed by atoms with Gasteiger partial charge in [0, 0.05) is 25.4 Å². The third-order valence-electron chi connectivity index (χ3n) is 5.28. The number of carbonyl (C=O) groups excluding carboxylic acids is 1. The van der Waals surface area contributed by atoms with Crippen molar-refractivity contribution < 1.29 is 4.79 Å². The summed E-state index contributed by atoms with van der Waals surface area (Å²) < 4.78 is 0. The second-order valence-electron chi connectivity index (χ2n) is 7.22. The number of nitrogens with one attached hydrogen (secondary N) is 1. The average molecular weight is 371 g/mol. The van der Waals surface area contributed by atoms with Crippen molar-refractivity contribution in [3.05, 3.63) is 90.1 Å². The first-order chi connectivity index (χ1) is 13.8. The van der Waals surface area contributed by atoms with E-state index in [1.807, 2.05) is 54.7 Å². The number of hydrogen-bond donors (Lipinski definition) is 1. The fourth-order valence-corrected chi connectivity index (χ4v) is 3.80. The van der Waals surface area contributed by atoms with Crippen LogP contribution in [0, 0.1) is 0 Å². The minimum atomic E-state index is -0.0286. The van der Waals surface area contributed by atoms with E-state index in [2.05, 4.69) is 39.5 Å². The van der Waals surface area contributed by atoms with Crippen molar-refractivity contribution in [2.45, 2.75) is 25.2 Å². The maximum absolute atomic E-state index is 12.7. The second kappa shape index (κ2) is 8.70. The molecule has 28 heavy (non-hydrogen) atoms. The number of hydrogen-bond acceptors (Lipinski definition) is 3. The summed E-state index contributed by atoms with van der Waals surface area (Å²) in [4.78, 5) is 19.5. The van der Waals surface area contributed by atoms with Gasteiger partial charge in [0.2, 0.25) is 5.91 Å². The lowest BCUT2D eigenvalue weighted by atomic mass is 9.88. The van der Waals surface area contributed by atoms with Crippen molar-refractivity contribution in [2.24, 2.45) is 0 Å². The van der Waals surface area contributed by atoms with Gasteiger partial charge >= 0.3 is 0 Å². The maximum Gasteiger partial charge on any atom is 0.226 e. The maximum atomic E-state index is 12.7. The molecule has 1 amide bonds. The Bertz CT molecular complexity index is 849. The summed E-state index contributed by atoms with van der Waals surface area (Å²) >= 11 is 0. The molecule has 3 aromatic rings. The standard InChI is InChI=1S/C24H25N3O/c28-24(26-23-14-13-21(18-25-23)27-15-7-8-16-27)17-22(19-9-3-1-4-10-19)20-11-5-2-6-12-20/h1-6,9-14,18,22H,7-8,15-17H2,(H,25,26,28). The van der Waals surface area contributed by atoms with Crippen LogP contribution in [0.5, 0.6) is 0 Å². The first-order valence-corrected chi connectivity index (χ1v) is 9.90. The number of anilines is 2. The van der Waals surface area contributed by atoms with Gasteiger partial charge in [0.25, 0.3) is 0 Å². The van der Waals surface area contributed by atoms with Crippen molar-refractivity contribution in [1.82, 2.24) is 4.98 Å². The molecule has 1 N–H and O–H groups in total. The van der Waals surface area contributed by atoms with E-state index in [4.69, 9.17) is 0 Å².